The van der Waals surface area contributed by atoms with Gasteiger partial charge in [-0.25, -0.2) is 4.98 Å². The van der Waals surface area contributed by atoms with Crippen LogP contribution in [0.3, 0.4) is 0 Å². The number of thiazole rings is 1. The van der Waals surface area contributed by atoms with Crippen LogP contribution in [0.4, 0.5) is 0 Å². The topological polar surface area (TPSA) is 48.7 Å². The van der Waals surface area contributed by atoms with Crippen molar-refractivity contribution in [1.82, 2.24) is 10.3 Å². The molecule has 1 saturated carbocycles. The minimum atomic E-state index is -0.452. The highest BCUT2D eigenvalue weighted by Gasteiger charge is 2.24. The lowest BCUT2D eigenvalue weighted by atomic mass is 9.97. The number of nitriles is 1. The molecular weight excluding hydrogens is 218 g/mol. The van der Waals surface area contributed by atoms with Crippen molar-refractivity contribution < 1.29 is 0 Å². The van der Waals surface area contributed by atoms with Gasteiger partial charge in [-0.05, 0) is 26.7 Å². The summed E-state index contributed by atoms with van der Waals surface area (Å²) in [4.78, 5) is 4.53. The quantitative estimate of drug-likeness (QED) is 0.851. The molecule has 1 aromatic heterocycles. The first kappa shape index (κ1) is 11.6. The van der Waals surface area contributed by atoms with Crippen molar-refractivity contribution in [3.63, 3.8) is 0 Å². The molecule has 0 unspecified atom stereocenters. The Labute approximate surface area is 101 Å². The molecule has 1 aromatic rings. The lowest BCUT2D eigenvalue weighted by Gasteiger charge is -2.09. The third kappa shape index (κ3) is 2.81. The summed E-state index contributed by atoms with van der Waals surface area (Å²) in [7, 11) is 0. The minimum absolute atomic E-state index is 0.452. The molecule has 0 atom stereocenters. The maximum atomic E-state index is 9.02. The number of rotatable bonds is 5. The average Bonchev–Trinajstić information content (AvgIpc) is 2.94. The molecule has 3 nitrogen and oxygen atoms in total. The highest BCUT2D eigenvalue weighted by atomic mass is 32.1. The maximum absolute atomic E-state index is 9.02. The monoisotopic (exact) mass is 235 g/mol. The van der Waals surface area contributed by atoms with Gasteiger partial charge in [-0.15, -0.1) is 11.3 Å². The molecule has 0 aliphatic heterocycles. The molecule has 1 fully saturated rings. The fourth-order valence-electron chi connectivity index (χ4n) is 1.45. The van der Waals surface area contributed by atoms with Gasteiger partial charge in [-0.1, -0.05) is 0 Å². The van der Waals surface area contributed by atoms with Crippen LogP contribution in [0.1, 0.15) is 37.4 Å². The largest absolute Gasteiger partial charge is 0.314 e. The maximum Gasteiger partial charge on any atom is 0.113 e. The smallest absolute Gasteiger partial charge is 0.113 e. The predicted molar refractivity (Wildman–Crippen MR) is 65.5 cm³/mol. The van der Waals surface area contributed by atoms with Crippen LogP contribution in [0.2, 0.25) is 0 Å². The van der Waals surface area contributed by atoms with E-state index in [1.54, 1.807) is 11.3 Å². The first-order chi connectivity index (χ1) is 7.62. The van der Waals surface area contributed by atoms with Crippen LogP contribution in [0, 0.1) is 11.3 Å². The Morgan fingerprint density at radius 1 is 1.62 bits per heavy atom. The molecule has 0 spiro atoms. The molecule has 1 heterocycles. The van der Waals surface area contributed by atoms with Gasteiger partial charge in [0.05, 0.1) is 11.8 Å². The highest BCUT2D eigenvalue weighted by Crippen LogP contribution is 2.25. The van der Waals surface area contributed by atoms with Gasteiger partial charge in [-0.3, -0.25) is 0 Å². The molecular formula is C12H17N3S. The Bertz CT molecular complexity index is 399. The van der Waals surface area contributed by atoms with Crippen molar-refractivity contribution in [3.05, 3.63) is 16.1 Å². The number of nitrogens with one attached hydrogen (secondary N) is 1. The van der Waals surface area contributed by atoms with Gasteiger partial charge >= 0.3 is 0 Å². The third-order valence-corrected chi connectivity index (χ3v) is 3.97. The summed E-state index contributed by atoms with van der Waals surface area (Å²) in [5.41, 5.74) is 0.656. The molecule has 86 valence electrons. The van der Waals surface area contributed by atoms with E-state index in [0.29, 0.717) is 0 Å². The van der Waals surface area contributed by atoms with Crippen LogP contribution >= 0.6 is 11.3 Å². The van der Waals surface area contributed by atoms with Crippen LogP contribution in [0.25, 0.3) is 0 Å². The van der Waals surface area contributed by atoms with Gasteiger partial charge in [0.25, 0.3) is 0 Å². The van der Waals surface area contributed by atoms with Crippen LogP contribution < -0.4 is 5.32 Å². The Morgan fingerprint density at radius 3 is 3.00 bits per heavy atom. The SMILES string of the molecule is CC(C)(C#N)c1nc(CCNC2CC2)cs1. The van der Waals surface area contributed by atoms with Crippen molar-refractivity contribution in [2.24, 2.45) is 0 Å². The van der Waals surface area contributed by atoms with E-state index in [1.165, 1.54) is 12.8 Å². The Morgan fingerprint density at radius 2 is 2.38 bits per heavy atom. The molecule has 4 heteroatoms. The summed E-state index contributed by atoms with van der Waals surface area (Å²) in [6.07, 6.45) is 3.61. The van der Waals surface area contributed by atoms with Gasteiger partial charge in [-0.2, -0.15) is 5.26 Å². The van der Waals surface area contributed by atoms with E-state index < -0.39 is 5.41 Å². The standard InChI is InChI=1S/C12H17N3S/c1-12(2,8-13)11-15-10(7-16-11)5-6-14-9-3-4-9/h7,9,14H,3-6H2,1-2H3. The number of hydrogen-bond donors (Lipinski definition) is 1. The molecule has 0 bridgehead atoms. The molecule has 1 aliphatic carbocycles. The van der Waals surface area contributed by atoms with Crippen LogP contribution in [-0.4, -0.2) is 17.6 Å². The molecule has 0 amide bonds. The zero-order valence-electron chi connectivity index (χ0n) is 9.79. The van der Waals surface area contributed by atoms with E-state index in [4.69, 9.17) is 5.26 Å². The first-order valence-corrected chi connectivity index (χ1v) is 6.59. The summed E-state index contributed by atoms with van der Waals surface area (Å²) < 4.78 is 0. The minimum Gasteiger partial charge on any atom is -0.314 e. The van der Waals surface area contributed by atoms with Crippen LogP contribution in [-0.2, 0) is 11.8 Å². The van der Waals surface area contributed by atoms with E-state index in [9.17, 15) is 0 Å². The Kier molecular flexibility index (Phi) is 3.27. The van der Waals surface area contributed by atoms with E-state index >= 15 is 0 Å². The molecule has 16 heavy (non-hydrogen) atoms. The fraction of sp³-hybridized carbons (Fsp3) is 0.667. The van der Waals surface area contributed by atoms with Crippen LogP contribution in [0.5, 0.6) is 0 Å². The average molecular weight is 235 g/mol. The fourth-order valence-corrected chi connectivity index (χ4v) is 2.38. The second-order valence-electron chi connectivity index (χ2n) is 4.86. The number of hydrogen-bond acceptors (Lipinski definition) is 4. The highest BCUT2D eigenvalue weighted by molar-refractivity contribution is 7.09. The summed E-state index contributed by atoms with van der Waals surface area (Å²) in [6.45, 7) is 4.83. The second-order valence-corrected chi connectivity index (χ2v) is 5.72. The summed E-state index contributed by atoms with van der Waals surface area (Å²) in [5, 5.41) is 15.5. The zero-order chi connectivity index (χ0) is 11.6. The summed E-state index contributed by atoms with van der Waals surface area (Å²) in [5.74, 6) is 0. The van der Waals surface area contributed by atoms with E-state index in [0.717, 1.165) is 29.7 Å². The summed E-state index contributed by atoms with van der Waals surface area (Å²) in [6, 6.07) is 3.05. The van der Waals surface area contributed by atoms with Crippen molar-refractivity contribution >= 4 is 11.3 Å². The molecule has 0 radical (unpaired) electrons. The van der Waals surface area contributed by atoms with E-state index in [2.05, 4.69) is 21.8 Å². The zero-order valence-corrected chi connectivity index (χ0v) is 10.6. The Balaban J connectivity index is 1.88. The predicted octanol–water partition coefficient (Wildman–Crippen LogP) is 2.24. The molecule has 1 aliphatic rings. The van der Waals surface area contributed by atoms with Crippen molar-refractivity contribution in [1.29, 1.82) is 5.26 Å². The van der Waals surface area contributed by atoms with E-state index in [-0.39, 0.29) is 0 Å². The van der Waals surface area contributed by atoms with Gasteiger partial charge in [0, 0.05) is 24.4 Å². The molecule has 1 N–H and O–H groups in total. The molecule has 2 rings (SSSR count). The van der Waals surface area contributed by atoms with Gasteiger partial charge in [0.1, 0.15) is 10.4 Å². The Hall–Kier alpha value is -0.920. The number of aromatic nitrogens is 1. The molecule has 0 saturated heterocycles. The van der Waals surface area contributed by atoms with Gasteiger partial charge in [0.15, 0.2) is 0 Å². The van der Waals surface area contributed by atoms with Crippen LogP contribution in [0.15, 0.2) is 5.38 Å². The van der Waals surface area contributed by atoms with Crippen molar-refractivity contribution in [2.45, 2.75) is 44.6 Å². The lowest BCUT2D eigenvalue weighted by Crippen LogP contribution is -2.19. The molecule has 0 aromatic carbocycles. The normalized spacial score (nSPS) is 16.1. The van der Waals surface area contributed by atoms with Crippen molar-refractivity contribution in [3.8, 4) is 6.07 Å². The van der Waals surface area contributed by atoms with Gasteiger partial charge in [0.2, 0.25) is 0 Å². The van der Waals surface area contributed by atoms with Crippen molar-refractivity contribution in [2.75, 3.05) is 6.54 Å². The first-order valence-electron chi connectivity index (χ1n) is 5.71. The third-order valence-electron chi connectivity index (χ3n) is 2.76. The summed E-state index contributed by atoms with van der Waals surface area (Å²) >= 11 is 1.59. The number of nitrogens with zero attached hydrogens (tertiary/aromatic N) is 2. The second kappa shape index (κ2) is 4.52. The lowest BCUT2D eigenvalue weighted by molar-refractivity contribution is 0.657. The van der Waals surface area contributed by atoms with Gasteiger partial charge < -0.3 is 5.32 Å². The van der Waals surface area contributed by atoms with E-state index in [1.807, 2.05) is 13.8 Å².